The molecule has 1 amide bonds. The number of benzene rings is 2. The van der Waals surface area contributed by atoms with Gasteiger partial charge in [0.1, 0.15) is 17.4 Å². The van der Waals surface area contributed by atoms with Crippen molar-refractivity contribution >= 4 is 11.8 Å². The van der Waals surface area contributed by atoms with E-state index in [0.29, 0.717) is 11.6 Å². The van der Waals surface area contributed by atoms with Gasteiger partial charge in [0, 0.05) is 6.07 Å². The number of ether oxygens (including phenoxy) is 1. The zero-order valence-corrected chi connectivity index (χ0v) is 15.3. The van der Waals surface area contributed by atoms with Crippen molar-refractivity contribution in [1.29, 1.82) is 0 Å². The molecule has 1 atom stereocenters. The minimum atomic E-state index is -0.749. The van der Waals surface area contributed by atoms with Crippen LogP contribution in [0.5, 0.6) is 5.75 Å². The Balaban J connectivity index is 1.84. The maximum atomic E-state index is 14.3. The van der Waals surface area contributed by atoms with Gasteiger partial charge in [-0.15, -0.1) is 0 Å². The molecule has 0 saturated heterocycles. The van der Waals surface area contributed by atoms with Crippen LogP contribution in [-0.4, -0.2) is 12.1 Å². The van der Waals surface area contributed by atoms with Crippen LogP contribution in [0, 0.1) is 17.0 Å². The molecule has 0 bridgehead atoms. The third-order valence-corrected chi connectivity index (χ3v) is 4.10. The quantitative estimate of drug-likeness (QED) is 0.841. The molecular weight excluding hydrogens is 352 g/mol. The number of hydrazine groups is 1. The fourth-order valence-electron chi connectivity index (χ4n) is 2.61. The fourth-order valence-corrected chi connectivity index (χ4v) is 2.61. The molecule has 27 heavy (non-hydrogen) atoms. The average molecular weight is 373 g/mol. The second-order valence-corrected chi connectivity index (χ2v) is 7.28. The van der Waals surface area contributed by atoms with Crippen LogP contribution in [0.3, 0.4) is 0 Å². The van der Waals surface area contributed by atoms with E-state index in [2.05, 4.69) is 10.7 Å². The lowest BCUT2D eigenvalue weighted by molar-refractivity contribution is 0.203. The summed E-state index contributed by atoms with van der Waals surface area (Å²) in [4.78, 5) is 12.3. The monoisotopic (exact) mass is 373 g/mol. The van der Waals surface area contributed by atoms with Crippen molar-refractivity contribution in [3.05, 3.63) is 72.1 Å². The summed E-state index contributed by atoms with van der Waals surface area (Å²) in [5.74, 6) is -0.735. The first-order valence-corrected chi connectivity index (χ1v) is 8.51. The van der Waals surface area contributed by atoms with Gasteiger partial charge in [-0.25, -0.2) is 19.0 Å². The zero-order valence-electron chi connectivity index (χ0n) is 15.3. The lowest BCUT2D eigenvalue weighted by atomic mass is 9.87. The van der Waals surface area contributed by atoms with E-state index in [0.717, 1.165) is 12.1 Å². The van der Waals surface area contributed by atoms with Crippen molar-refractivity contribution in [1.82, 2.24) is 10.7 Å². The highest BCUT2D eigenvalue weighted by Gasteiger charge is 2.34. The molecule has 1 unspecified atom stereocenters. The fraction of sp³-hybridized carbons (Fsp3) is 0.250. The van der Waals surface area contributed by atoms with E-state index in [1.54, 1.807) is 36.4 Å². The molecule has 3 rings (SSSR count). The number of amides is 1. The van der Waals surface area contributed by atoms with Gasteiger partial charge in [-0.05, 0) is 35.8 Å². The van der Waals surface area contributed by atoms with Crippen LogP contribution in [0.1, 0.15) is 20.8 Å². The van der Waals surface area contributed by atoms with E-state index >= 15 is 0 Å². The normalized spacial score (nSPS) is 16.9. The Hall–Kier alpha value is -2.93. The Morgan fingerprint density at radius 3 is 2.48 bits per heavy atom. The van der Waals surface area contributed by atoms with Crippen LogP contribution >= 0.6 is 0 Å². The van der Waals surface area contributed by atoms with Crippen LogP contribution in [-0.2, 0) is 0 Å². The third-order valence-electron chi connectivity index (χ3n) is 4.10. The number of rotatable bonds is 3. The predicted molar refractivity (Wildman–Crippen MR) is 98.9 cm³/mol. The molecule has 1 aliphatic rings. The van der Waals surface area contributed by atoms with Crippen LogP contribution in [0.25, 0.3) is 0 Å². The summed E-state index contributed by atoms with van der Waals surface area (Å²) < 4.78 is 32.8. The highest BCUT2D eigenvalue weighted by atomic mass is 19.1. The maximum absolute atomic E-state index is 14.3. The summed E-state index contributed by atoms with van der Waals surface area (Å²) in [6, 6.07) is 11.7. The molecule has 2 N–H and O–H groups in total. The number of hydrogen-bond donors (Lipinski definition) is 2. The summed E-state index contributed by atoms with van der Waals surface area (Å²) in [6.07, 6.45) is 1.06. The third kappa shape index (κ3) is 4.43. The topological polar surface area (TPSA) is 53.6 Å². The number of nitrogens with one attached hydrogen (secondary N) is 2. The van der Waals surface area contributed by atoms with E-state index in [1.165, 1.54) is 11.1 Å². The van der Waals surface area contributed by atoms with Gasteiger partial charge in [-0.1, -0.05) is 39.0 Å². The Morgan fingerprint density at radius 1 is 1.15 bits per heavy atom. The van der Waals surface area contributed by atoms with Crippen molar-refractivity contribution in [2.45, 2.75) is 26.8 Å². The lowest BCUT2D eigenvalue weighted by Crippen LogP contribution is -2.46. The van der Waals surface area contributed by atoms with Gasteiger partial charge in [-0.2, -0.15) is 0 Å². The Kier molecular flexibility index (Phi) is 5.14. The molecule has 0 radical (unpaired) electrons. The van der Waals surface area contributed by atoms with Crippen LogP contribution in [0.2, 0.25) is 0 Å². The van der Waals surface area contributed by atoms with Gasteiger partial charge in [0.05, 0.1) is 11.7 Å². The van der Waals surface area contributed by atoms with Crippen molar-refractivity contribution < 1.29 is 18.3 Å². The van der Waals surface area contributed by atoms with Crippen LogP contribution in [0.4, 0.5) is 19.3 Å². The second-order valence-electron chi connectivity index (χ2n) is 7.28. The van der Waals surface area contributed by atoms with E-state index < -0.39 is 17.7 Å². The molecule has 2 aromatic rings. The van der Waals surface area contributed by atoms with E-state index in [4.69, 9.17) is 4.74 Å². The molecule has 1 heterocycles. The summed E-state index contributed by atoms with van der Waals surface area (Å²) in [5.41, 5.74) is 3.02. The van der Waals surface area contributed by atoms with Gasteiger partial charge in [0.2, 0.25) is 0 Å². The SMILES string of the molecule is CC(C)(C)C1C=C(NC(=O)Oc2ccccc2)N(c2ccc(F)cc2F)N1. The van der Waals surface area contributed by atoms with Crippen LogP contribution in [0.15, 0.2) is 60.4 Å². The molecule has 0 saturated carbocycles. The first-order chi connectivity index (χ1) is 12.7. The first kappa shape index (κ1) is 18.8. The van der Waals surface area contributed by atoms with Crippen molar-refractivity contribution in [2.24, 2.45) is 5.41 Å². The van der Waals surface area contributed by atoms with Gasteiger partial charge < -0.3 is 4.74 Å². The Labute approximate surface area is 156 Å². The number of hydrogen-bond acceptors (Lipinski definition) is 4. The minimum absolute atomic E-state index is 0.0920. The molecule has 0 aliphatic carbocycles. The maximum Gasteiger partial charge on any atom is 0.418 e. The summed E-state index contributed by atoms with van der Waals surface area (Å²) in [5, 5.41) is 4.01. The number of anilines is 1. The number of nitrogens with zero attached hydrogens (tertiary/aromatic N) is 1. The van der Waals surface area contributed by atoms with Crippen molar-refractivity contribution in [2.75, 3.05) is 5.01 Å². The predicted octanol–water partition coefficient (Wildman–Crippen LogP) is 4.33. The molecule has 0 spiro atoms. The molecule has 5 nitrogen and oxygen atoms in total. The van der Waals surface area contributed by atoms with Crippen LogP contribution < -0.4 is 20.5 Å². The number of carbonyl (C=O) groups excluding carboxylic acids is 1. The smallest absolute Gasteiger partial charge is 0.410 e. The van der Waals surface area contributed by atoms with E-state index in [1.807, 2.05) is 20.8 Å². The van der Waals surface area contributed by atoms with Crippen molar-refractivity contribution in [3.8, 4) is 5.75 Å². The molecule has 2 aromatic carbocycles. The highest BCUT2D eigenvalue weighted by molar-refractivity contribution is 5.74. The van der Waals surface area contributed by atoms with Gasteiger partial charge >= 0.3 is 6.09 Å². The average Bonchev–Trinajstić information content (AvgIpc) is 2.99. The number of halogens is 2. The Morgan fingerprint density at radius 2 is 1.85 bits per heavy atom. The van der Waals surface area contributed by atoms with Gasteiger partial charge in [-0.3, -0.25) is 10.3 Å². The zero-order chi connectivity index (χ0) is 19.6. The van der Waals surface area contributed by atoms with E-state index in [-0.39, 0.29) is 17.1 Å². The molecule has 142 valence electrons. The minimum Gasteiger partial charge on any atom is -0.410 e. The summed E-state index contributed by atoms with van der Waals surface area (Å²) in [6.45, 7) is 6.02. The highest BCUT2D eigenvalue weighted by Crippen LogP contribution is 2.30. The molecule has 0 aromatic heterocycles. The molecule has 1 aliphatic heterocycles. The molecule has 7 heteroatoms. The molecular formula is C20H21F2N3O2. The summed E-state index contributed by atoms with van der Waals surface area (Å²) >= 11 is 0. The van der Waals surface area contributed by atoms with Crippen molar-refractivity contribution in [3.63, 3.8) is 0 Å². The van der Waals surface area contributed by atoms with E-state index in [9.17, 15) is 13.6 Å². The van der Waals surface area contributed by atoms with Gasteiger partial charge in [0.25, 0.3) is 0 Å². The summed E-state index contributed by atoms with van der Waals surface area (Å²) in [7, 11) is 0. The number of para-hydroxylation sites is 1. The standard InChI is InChI=1S/C20H21F2N3O2/c1-20(2,3)17-12-18(23-19(26)27-14-7-5-4-6-8-14)25(24-17)16-10-9-13(21)11-15(16)22/h4-12,17,24H,1-3H3,(H,23,26). The second kappa shape index (κ2) is 7.36. The van der Waals surface area contributed by atoms with Gasteiger partial charge in [0.15, 0.2) is 5.82 Å². The Bertz CT molecular complexity index is 863. The lowest BCUT2D eigenvalue weighted by Gasteiger charge is -2.29. The first-order valence-electron chi connectivity index (χ1n) is 8.51. The largest absolute Gasteiger partial charge is 0.418 e. The molecule has 0 fully saturated rings. The number of carbonyl (C=O) groups is 1.